The summed E-state index contributed by atoms with van der Waals surface area (Å²) in [6.07, 6.45) is 0.842. The van der Waals surface area contributed by atoms with Crippen LogP contribution in [-0.4, -0.2) is 49.2 Å². The molecule has 1 spiro atoms. The monoisotopic (exact) mass is 596 g/mol. The van der Waals surface area contributed by atoms with E-state index in [9.17, 15) is 10.2 Å². The summed E-state index contributed by atoms with van der Waals surface area (Å²) in [5.74, 6) is 0.704. The summed E-state index contributed by atoms with van der Waals surface area (Å²) >= 11 is 0. The molecule has 2 aliphatic heterocycles. The van der Waals surface area contributed by atoms with Crippen LogP contribution in [0.2, 0.25) is 0 Å². The van der Waals surface area contributed by atoms with Crippen LogP contribution in [0.5, 0.6) is 11.5 Å². The second kappa shape index (κ2) is 11.7. The van der Waals surface area contributed by atoms with Crippen LogP contribution in [0.4, 0.5) is 0 Å². The van der Waals surface area contributed by atoms with E-state index in [0.717, 1.165) is 35.1 Å². The highest BCUT2D eigenvalue weighted by molar-refractivity contribution is 5.46. The average molecular weight is 597 g/mol. The standard InChI is InChI=1S/C37H56O6/c1-23-13-29(38)27(33(3,4)5)15-25(23)17-35(9,10)31-40-19-37(20-41-31)21-42-32(43-22-37)36(11,12)18-26-16-28(34(6,7)8)30(39)14-24(26)2/h13-16,31-32,38-39H,17-22H2,1-12H3. The van der Waals surface area contributed by atoms with E-state index >= 15 is 0 Å². The van der Waals surface area contributed by atoms with E-state index in [1.165, 1.54) is 11.1 Å². The molecule has 0 aromatic heterocycles. The van der Waals surface area contributed by atoms with Crippen molar-refractivity contribution in [3.8, 4) is 11.5 Å². The summed E-state index contributed by atoms with van der Waals surface area (Å²) in [5, 5.41) is 21.1. The van der Waals surface area contributed by atoms with Gasteiger partial charge in [-0.15, -0.1) is 0 Å². The van der Waals surface area contributed by atoms with E-state index in [0.29, 0.717) is 37.9 Å². The first-order valence-electron chi connectivity index (χ1n) is 15.8. The molecule has 0 saturated carbocycles. The molecule has 43 heavy (non-hydrogen) atoms. The van der Waals surface area contributed by atoms with Crippen molar-refractivity contribution >= 4 is 0 Å². The van der Waals surface area contributed by atoms with Gasteiger partial charge in [0.2, 0.25) is 0 Å². The normalized spacial score (nSPS) is 24.0. The molecule has 4 rings (SSSR count). The topological polar surface area (TPSA) is 77.4 Å². The van der Waals surface area contributed by atoms with Gasteiger partial charge >= 0.3 is 0 Å². The van der Waals surface area contributed by atoms with Gasteiger partial charge in [-0.3, -0.25) is 0 Å². The number of phenols is 2. The summed E-state index contributed by atoms with van der Waals surface area (Å²) in [5.41, 5.74) is 5.30. The Hall–Kier alpha value is -2.12. The number of hydrogen-bond acceptors (Lipinski definition) is 6. The molecule has 0 bridgehead atoms. The summed E-state index contributed by atoms with van der Waals surface area (Å²) in [4.78, 5) is 0. The van der Waals surface area contributed by atoms with Gasteiger partial charge in [0.05, 0.1) is 31.8 Å². The van der Waals surface area contributed by atoms with Crippen LogP contribution < -0.4 is 0 Å². The zero-order chi connectivity index (χ0) is 32.2. The minimum absolute atomic E-state index is 0.146. The number of aromatic hydroxyl groups is 2. The molecule has 2 aromatic rings. The summed E-state index contributed by atoms with van der Waals surface area (Å²) in [7, 11) is 0. The number of aryl methyl sites for hydroxylation is 2. The third kappa shape index (κ3) is 7.41. The first-order chi connectivity index (χ1) is 19.6. The molecule has 2 heterocycles. The van der Waals surface area contributed by atoms with Crippen LogP contribution in [0.15, 0.2) is 24.3 Å². The summed E-state index contributed by atoms with van der Waals surface area (Å²) in [6, 6.07) is 8.05. The Morgan fingerprint density at radius 2 is 0.884 bits per heavy atom. The lowest BCUT2D eigenvalue weighted by atomic mass is 9.78. The molecule has 0 amide bonds. The van der Waals surface area contributed by atoms with E-state index in [-0.39, 0.29) is 39.7 Å². The largest absolute Gasteiger partial charge is 0.508 e. The van der Waals surface area contributed by atoms with Crippen LogP contribution in [0.1, 0.15) is 103 Å². The molecule has 6 heteroatoms. The van der Waals surface area contributed by atoms with Crippen LogP contribution >= 0.6 is 0 Å². The Balaban J connectivity index is 1.38. The van der Waals surface area contributed by atoms with Crippen molar-refractivity contribution in [3.63, 3.8) is 0 Å². The van der Waals surface area contributed by atoms with Gasteiger partial charge in [0.1, 0.15) is 11.5 Å². The fourth-order valence-corrected chi connectivity index (χ4v) is 6.46. The fourth-order valence-electron chi connectivity index (χ4n) is 6.46. The van der Waals surface area contributed by atoms with E-state index in [2.05, 4.69) is 95.2 Å². The van der Waals surface area contributed by atoms with Crippen molar-refractivity contribution in [3.05, 3.63) is 57.6 Å². The second-order valence-electron chi connectivity index (χ2n) is 16.8. The molecule has 2 aromatic carbocycles. The van der Waals surface area contributed by atoms with Gasteiger partial charge in [-0.1, -0.05) is 81.4 Å². The zero-order valence-corrected chi connectivity index (χ0v) is 28.7. The van der Waals surface area contributed by atoms with E-state index in [4.69, 9.17) is 18.9 Å². The molecule has 2 aliphatic rings. The molecule has 2 fully saturated rings. The highest BCUT2D eigenvalue weighted by Gasteiger charge is 2.48. The Bertz CT molecular complexity index is 1190. The first kappa shape index (κ1) is 33.8. The Morgan fingerprint density at radius 1 is 0.581 bits per heavy atom. The quantitative estimate of drug-likeness (QED) is 0.353. The highest BCUT2D eigenvalue weighted by Crippen LogP contribution is 2.42. The third-order valence-corrected chi connectivity index (χ3v) is 9.26. The van der Waals surface area contributed by atoms with Gasteiger partial charge in [-0.2, -0.15) is 0 Å². The summed E-state index contributed by atoms with van der Waals surface area (Å²) in [6.45, 7) is 27.6. The van der Waals surface area contributed by atoms with Gasteiger partial charge in [-0.25, -0.2) is 0 Å². The highest BCUT2D eigenvalue weighted by atomic mass is 16.7. The SMILES string of the molecule is Cc1cc(O)c(C(C)(C)C)cc1CC(C)(C)C1OCC2(CO1)COC(C(C)(C)Cc1cc(C(C)(C)C)c(O)cc1C)OC2. The van der Waals surface area contributed by atoms with E-state index in [1.54, 1.807) is 0 Å². The van der Waals surface area contributed by atoms with Crippen molar-refractivity contribution in [1.29, 1.82) is 0 Å². The van der Waals surface area contributed by atoms with Crippen LogP contribution in [0, 0.1) is 30.1 Å². The third-order valence-electron chi connectivity index (χ3n) is 9.26. The Labute approximate surface area is 260 Å². The minimum atomic E-state index is -0.354. The maximum atomic E-state index is 10.6. The van der Waals surface area contributed by atoms with E-state index in [1.807, 2.05) is 12.1 Å². The van der Waals surface area contributed by atoms with Gasteiger partial charge < -0.3 is 29.2 Å². The zero-order valence-electron chi connectivity index (χ0n) is 28.7. The van der Waals surface area contributed by atoms with E-state index < -0.39 is 0 Å². The van der Waals surface area contributed by atoms with Crippen molar-refractivity contribution < 1.29 is 29.2 Å². The molecule has 0 radical (unpaired) electrons. The van der Waals surface area contributed by atoms with Crippen molar-refractivity contribution in [1.82, 2.24) is 0 Å². The number of phenolic OH excluding ortho intramolecular Hbond substituents is 2. The maximum Gasteiger partial charge on any atom is 0.162 e. The van der Waals surface area contributed by atoms with Crippen molar-refractivity contribution in [2.24, 2.45) is 16.2 Å². The first-order valence-corrected chi connectivity index (χ1v) is 15.8. The lowest BCUT2D eigenvalue weighted by Gasteiger charge is -2.49. The smallest absolute Gasteiger partial charge is 0.162 e. The Morgan fingerprint density at radius 3 is 1.16 bits per heavy atom. The molecular formula is C37H56O6. The number of rotatable bonds is 6. The fraction of sp³-hybridized carbons (Fsp3) is 0.676. The lowest BCUT2D eigenvalue weighted by molar-refractivity contribution is -0.333. The average Bonchev–Trinajstić information content (AvgIpc) is 2.86. The van der Waals surface area contributed by atoms with Crippen LogP contribution in [0.25, 0.3) is 0 Å². The van der Waals surface area contributed by atoms with Crippen molar-refractivity contribution in [2.45, 2.75) is 119 Å². The van der Waals surface area contributed by atoms with Gasteiger partial charge in [0, 0.05) is 10.8 Å². The molecule has 2 N–H and O–H groups in total. The second-order valence-corrected chi connectivity index (χ2v) is 16.8. The van der Waals surface area contributed by atoms with Crippen LogP contribution in [0.3, 0.4) is 0 Å². The van der Waals surface area contributed by atoms with Gasteiger partial charge in [0.25, 0.3) is 0 Å². The van der Waals surface area contributed by atoms with Crippen LogP contribution in [-0.2, 0) is 42.6 Å². The minimum Gasteiger partial charge on any atom is -0.508 e. The predicted molar refractivity (Wildman–Crippen MR) is 172 cm³/mol. The molecule has 240 valence electrons. The number of benzene rings is 2. The van der Waals surface area contributed by atoms with Crippen molar-refractivity contribution in [2.75, 3.05) is 26.4 Å². The molecular weight excluding hydrogens is 540 g/mol. The molecule has 2 saturated heterocycles. The number of ether oxygens (including phenoxy) is 4. The molecule has 0 aliphatic carbocycles. The molecule has 0 atom stereocenters. The van der Waals surface area contributed by atoms with Gasteiger partial charge in [-0.05, 0) is 83.0 Å². The maximum absolute atomic E-state index is 10.6. The molecule has 6 nitrogen and oxygen atoms in total. The Kier molecular flexibility index (Phi) is 9.16. The summed E-state index contributed by atoms with van der Waals surface area (Å²) < 4.78 is 25.6. The molecule has 0 unspecified atom stereocenters. The van der Waals surface area contributed by atoms with Gasteiger partial charge in [0.15, 0.2) is 12.6 Å². The lowest BCUT2D eigenvalue weighted by Crippen LogP contribution is -2.56. The number of hydrogen-bond donors (Lipinski definition) is 2. The predicted octanol–water partition coefficient (Wildman–Crippen LogP) is 7.88.